The van der Waals surface area contributed by atoms with E-state index in [-0.39, 0.29) is 36.0 Å². The Kier molecular flexibility index (Phi) is 10.1. The van der Waals surface area contributed by atoms with Crippen LogP contribution in [0.4, 0.5) is 19.6 Å². The summed E-state index contributed by atoms with van der Waals surface area (Å²) in [6.45, 7) is 5.37. The Morgan fingerprint density at radius 1 is 1.06 bits per heavy atom. The van der Waals surface area contributed by atoms with Gasteiger partial charge in [0.05, 0.1) is 24.3 Å². The maximum Gasteiger partial charge on any atom is 0.278 e. The molecule has 51 heavy (non-hydrogen) atoms. The fraction of sp³-hybridized carbons (Fsp3) is 0.424. The summed E-state index contributed by atoms with van der Waals surface area (Å²) >= 11 is 1.39. The van der Waals surface area contributed by atoms with Crippen molar-refractivity contribution in [1.29, 1.82) is 0 Å². The van der Waals surface area contributed by atoms with Crippen molar-refractivity contribution in [3.05, 3.63) is 57.7 Å². The number of morpholine rings is 1. The first-order chi connectivity index (χ1) is 24.7. The molecule has 3 aliphatic heterocycles. The molecule has 0 saturated carbocycles. The molecule has 3 saturated heterocycles. The molecule has 0 aliphatic carbocycles. The number of thiazole rings is 1. The van der Waals surface area contributed by atoms with Crippen molar-refractivity contribution < 1.29 is 32.6 Å². The lowest BCUT2D eigenvalue weighted by atomic mass is 10.1. The summed E-state index contributed by atoms with van der Waals surface area (Å²) in [6.07, 6.45) is 0.284. The second-order valence-electron chi connectivity index (χ2n) is 12.3. The molecular weight excluding hydrogens is 688 g/mol. The topological polar surface area (TPSA) is 164 Å². The standard InChI is InChI=1S/C33H35F2N9O6S/c34-23-3-2-21(25-19-51-33(37-25)43-13-15-49-16-14-43)30(29(23)35)50-18-28(46)42-11-9-41(10-12-42)8-7-36-20-1-4-24-22(17-20)32(48)44(40-39-24)26-5-6-27(45)38-31(26)47/h1-4,17,19,26,36H,5-16,18H2,(H,38,45,47). The van der Waals surface area contributed by atoms with Gasteiger partial charge in [0.15, 0.2) is 23.3 Å². The summed E-state index contributed by atoms with van der Waals surface area (Å²) < 4.78 is 41.3. The number of rotatable bonds is 10. The highest BCUT2D eigenvalue weighted by Gasteiger charge is 2.30. The highest BCUT2D eigenvalue weighted by atomic mass is 32.1. The Bertz CT molecular complexity index is 2010. The molecule has 3 aliphatic rings. The number of amides is 3. The Labute approximate surface area is 294 Å². The van der Waals surface area contributed by atoms with Crippen LogP contribution in [0.1, 0.15) is 18.9 Å². The van der Waals surface area contributed by atoms with E-state index in [0.29, 0.717) is 87.9 Å². The Hall–Kier alpha value is -5.07. The lowest BCUT2D eigenvalue weighted by Crippen LogP contribution is -2.50. The van der Waals surface area contributed by atoms with Gasteiger partial charge >= 0.3 is 0 Å². The van der Waals surface area contributed by atoms with E-state index in [1.807, 2.05) is 0 Å². The lowest BCUT2D eigenvalue weighted by molar-refractivity contribution is -0.136. The summed E-state index contributed by atoms with van der Waals surface area (Å²) in [5.74, 6) is -3.89. The first-order valence-electron chi connectivity index (χ1n) is 16.6. The Morgan fingerprint density at radius 3 is 2.65 bits per heavy atom. The average Bonchev–Trinajstić information content (AvgIpc) is 3.64. The first kappa shape index (κ1) is 34.4. The van der Waals surface area contributed by atoms with E-state index < -0.39 is 35.7 Å². The predicted octanol–water partition coefficient (Wildman–Crippen LogP) is 1.64. The number of piperidine rings is 1. The molecule has 0 bridgehead atoms. The van der Waals surface area contributed by atoms with Crippen molar-refractivity contribution in [3.8, 4) is 17.0 Å². The normalized spacial score (nSPS) is 18.6. The van der Waals surface area contributed by atoms with Crippen molar-refractivity contribution in [2.24, 2.45) is 0 Å². The summed E-state index contributed by atoms with van der Waals surface area (Å²) in [7, 11) is 0. The number of anilines is 2. The summed E-state index contributed by atoms with van der Waals surface area (Å²) in [5, 5.41) is 16.4. The van der Waals surface area contributed by atoms with Crippen molar-refractivity contribution in [3.63, 3.8) is 0 Å². The van der Waals surface area contributed by atoms with Gasteiger partial charge in [-0.3, -0.25) is 29.4 Å². The fourth-order valence-electron chi connectivity index (χ4n) is 6.25. The van der Waals surface area contributed by atoms with Crippen LogP contribution in [0.2, 0.25) is 0 Å². The highest BCUT2D eigenvalue weighted by molar-refractivity contribution is 7.14. The number of nitrogens with one attached hydrogen (secondary N) is 2. The summed E-state index contributed by atoms with van der Waals surface area (Å²) in [5.41, 5.74) is 1.31. The number of hydrogen-bond donors (Lipinski definition) is 2. The number of hydrogen-bond acceptors (Lipinski definition) is 13. The van der Waals surface area contributed by atoms with E-state index in [2.05, 4.69) is 35.7 Å². The third-order valence-corrected chi connectivity index (χ3v) is 10.0. The predicted molar refractivity (Wildman–Crippen MR) is 183 cm³/mol. The SMILES string of the molecule is O=C1CCC(n2nnc3ccc(NCCN4CCN(C(=O)COc5c(-c6csc(N7CCOCC7)n6)ccc(F)c5F)CC4)cc3c2=O)C(=O)N1. The minimum absolute atomic E-state index is 0.112. The van der Waals surface area contributed by atoms with Gasteiger partial charge in [-0.05, 0) is 36.8 Å². The maximum absolute atomic E-state index is 15.0. The molecule has 18 heteroatoms. The third kappa shape index (κ3) is 7.52. The van der Waals surface area contributed by atoms with Crippen molar-refractivity contribution in [1.82, 2.24) is 35.1 Å². The second kappa shape index (κ2) is 15.0. The van der Waals surface area contributed by atoms with E-state index in [0.717, 1.165) is 15.9 Å². The van der Waals surface area contributed by atoms with Gasteiger partial charge in [0.2, 0.25) is 11.7 Å². The van der Waals surface area contributed by atoms with E-state index in [1.54, 1.807) is 28.5 Å². The first-order valence-corrected chi connectivity index (χ1v) is 17.5. The monoisotopic (exact) mass is 723 g/mol. The smallest absolute Gasteiger partial charge is 0.278 e. The van der Waals surface area contributed by atoms with Crippen molar-refractivity contribution in [2.75, 3.05) is 82.4 Å². The van der Waals surface area contributed by atoms with Gasteiger partial charge in [-0.1, -0.05) is 5.21 Å². The van der Waals surface area contributed by atoms with Crippen LogP contribution in [-0.2, 0) is 19.1 Å². The molecule has 0 spiro atoms. The largest absolute Gasteiger partial charge is 0.480 e. The number of aromatic nitrogens is 4. The van der Waals surface area contributed by atoms with Crippen LogP contribution in [0.5, 0.6) is 5.75 Å². The molecule has 5 heterocycles. The van der Waals surface area contributed by atoms with E-state index in [1.165, 1.54) is 17.4 Å². The van der Waals surface area contributed by atoms with E-state index >= 15 is 0 Å². The summed E-state index contributed by atoms with van der Waals surface area (Å²) in [4.78, 5) is 60.6. The molecule has 1 unspecified atom stereocenters. The van der Waals surface area contributed by atoms with Crippen LogP contribution in [-0.4, -0.2) is 120 Å². The number of fused-ring (bicyclic) bond motifs is 1. The van der Waals surface area contributed by atoms with Crippen LogP contribution in [0.25, 0.3) is 22.2 Å². The minimum Gasteiger partial charge on any atom is -0.480 e. The van der Waals surface area contributed by atoms with E-state index in [9.17, 15) is 28.0 Å². The molecular formula is C33H35F2N9O6S. The zero-order valence-corrected chi connectivity index (χ0v) is 28.3. The van der Waals surface area contributed by atoms with Gasteiger partial charge in [0, 0.05) is 75.4 Å². The lowest BCUT2D eigenvalue weighted by Gasteiger charge is -2.34. The molecule has 2 aromatic heterocycles. The van der Waals surface area contributed by atoms with Crippen molar-refractivity contribution >= 4 is 50.8 Å². The second-order valence-corrected chi connectivity index (χ2v) is 13.2. The third-order valence-electron chi connectivity index (χ3n) is 9.11. The molecule has 268 valence electrons. The van der Waals surface area contributed by atoms with Crippen LogP contribution < -0.4 is 25.8 Å². The van der Waals surface area contributed by atoms with Crippen LogP contribution >= 0.6 is 11.3 Å². The highest BCUT2D eigenvalue weighted by Crippen LogP contribution is 2.36. The molecule has 2 N–H and O–H groups in total. The molecule has 3 fully saturated rings. The fourth-order valence-corrected chi connectivity index (χ4v) is 7.13. The van der Waals surface area contributed by atoms with Crippen LogP contribution in [0, 0.1) is 11.6 Å². The van der Waals surface area contributed by atoms with Crippen LogP contribution in [0.15, 0.2) is 40.5 Å². The number of benzene rings is 2. The van der Waals surface area contributed by atoms with Gasteiger partial charge in [-0.25, -0.2) is 9.37 Å². The number of carbonyl (C=O) groups excluding carboxylic acids is 3. The zero-order chi connectivity index (χ0) is 35.5. The minimum atomic E-state index is -1.17. The van der Waals surface area contributed by atoms with Gasteiger partial charge in [-0.15, -0.1) is 16.4 Å². The number of halogens is 2. The molecule has 7 rings (SSSR count). The zero-order valence-electron chi connectivity index (χ0n) is 27.5. The molecule has 3 amide bonds. The van der Waals surface area contributed by atoms with Crippen LogP contribution in [0.3, 0.4) is 0 Å². The Balaban J connectivity index is 0.907. The molecule has 2 aromatic carbocycles. The Morgan fingerprint density at radius 2 is 1.86 bits per heavy atom. The van der Waals surface area contributed by atoms with Gasteiger partial charge in [-0.2, -0.15) is 9.07 Å². The molecule has 4 aromatic rings. The number of nitrogens with zero attached hydrogens (tertiary/aromatic N) is 7. The number of ether oxygens (including phenoxy) is 2. The quantitative estimate of drug-likeness (QED) is 0.228. The van der Waals surface area contributed by atoms with Gasteiger partial charge in [0.25, 0.3) is 17.4 Å². The molecule has 0 radical (unpaired) electrons. The number of imide groups is 1. The molecule has 1 atom stereocenters. The van der Waals surface area contributed by atoms with Crippen molar-refractivity contribution in [2.45, 2.75) is 18.9 Å². The van der Waals surface area contributed by atoms with E-state index in [4.69, 9.17) is 9.47 Å². The summed E-state index contributed by atoms with van der Waals surface area (Å²) in [6, 6.07) is 6.65. The number of piperazine rings is 1. The maximum atomic E-state index is 15.0. The average molecular weight is 724 g/mol. The van der Waals surface area contributed by atoms with Gasteiger partial charge in [0.1, 0.15) is 11.6 Å². The molecule has 15 nitrogen and oxygen atoms in total. The number of carbonyl (C=O) groups is 3. The van der Waals surface area contributed by atoms with Gasteiger partial charge < -0.3 is 24.6 Å².